The zero-order valence-corrected chi connectivity index (χ0v) is 23.8. The molecular formula is C41H25N3. The Labute approximate surface area is 254 Å². The third kappa shape index (κ3) is 3.87. The summed E-state index contributed by atoms with van der Waals surface area (Å²) in [7, 11) is 0. The summed E-state index contributed by atoms with van der Waals surface area (Å²) in [4.78, 5) is 15.5. The summed E-state index contributed by atoms with van der Waals surface area (Å²) in [6, 6.07) is 53.4. The second kappa shape index (κ2) is 9.82. The predicted octanol–water partition coefficient (Wildman–Crippen LogP) is 10.6. The van der Waals surface area contributed by atoms with Crippen molar-refractivity contribution in [3.05, 3.63) is 152 Å². The Bertz CT molecular complexity index is 2550. The Hall–Kier alpha value is -5.93. The van der Waals surface area contributed by atoms with Crippen molar-refractivity contribution in [2.75, 3.05) is 0 Å². The molecule has 0 aliphatic heterocycles. The quantitative estimate of drug-likeness (QED) is 0.202. The van der Waals surface area contributed by atoms with Crippen molar-refractivity contribution in [2.45, 2.75) is 0 Å². The van der Waals surface area contributed by atoms with E-state index in [1.165, 1.54) is 43.1 Å². The molecule has 0 unspecified atom stereocenters. The van der Waals surface area contributed by atoms with Gasteiger partial charge in [0, 0.05) is 16.7 Å². The van der Waals surface area contributed by atoms with Gasteiger partial charge in [0.2, 0.25) is 0 Å². The van der Waals surface area contributed by atoms with Crippen LogP contribution in [0.2, 0.25) is 0 Å². The van der Waals surface area contributed by atoms with Gasteiger partial charge in [-0.2, -0.15) is 0 Å². The van der Waals surface area contributed by atoms with Gasteiger partial charge in [-0.05, 0) is 59.9 Å². The third-order valence-corrected chi connectivity index (χ3v) is 8.70. The summed E-state index contributed by atoms with van der Waals surface area (Å²) in [6.45, 7) is 0. The molecule has 0 aliphatic carbocycles. The van der Waals surface area contributed by atoms with Gasteiger partial charge in [-0.15, -0.1) is 0 Å². The Kier molecular flexibility index (Phi) is 5.50. The average Bonchev–Trinajstić information content (AvgIpc) is 3.11. The lowest BCUT2D eigenvalue weighted by Gasteiger charge is -2.14. The number of benzene rings is 8. The zero-order valence-electron chi connectivity index (χ0n) is 23.8. The molecule has 0 atom stereocenters. The highest BCUT2D eigenvalue weighted by atomic mass is 15.0. The summed E-state index contributed by atoms with van der Waals surface area (Å²) >= 11 is 0. The maximum absolute atomic E-state index is 5.24. The summed E-state index contributed by atoms with van der Waals surface area (Å²) < 4.78 is 0. The van der Waals surface area contributed by atoms with Crippen LogP contribution in [0, 0.1) is 0 Å². The topological polar surface area (TPSA) is 38.7 Å². The van der Waals surface area contributed by atoms with Crippen molar-refractivity contribution in [1.82, 2.24) is 15.0 Å². The number of hydrogen-bond acceptors (Lipinski definition) is 3. The molecule has 8 aromatic carbocycles. The van der Waals surface area contributed by atoms with Crippen molar-refractivity contribution in [3.8, 4) is 34.2 Å². The van der Waals surface area contributed by atoms with E-state index in [2.05, 4.69) is 133 Å². The van der Waals surface area contributed by atoms with Gasteiger partial charge in [-0.1, -0.05) is 146 Å². The minimum Gasteiger partial charge on any atom is -0.208 e. The molecule has 3 heteroatoms. The van der Waals surface area contributed by atoms with Gasteiger partial charge in [0.05, 0.1) is 0 Å². The molecule has 0 radical (unpaired) electrons. The number of rotatable bonds is 3. The molecule has 204 valence electrons. The molecule has 0 aliphatic rings. The fourth-order valence-corrected chi connectivity index (χ4v) is 6.61. The van der Waals surface area contributed by atoms with Gasteiger partial charge in [0.25, 0.3) is 0 Å². The van der Waals surface area contributed by atoms with Gasteiger partial charge < -0.3 is 0 Å². The normalized spacial score (nSPS) is 11.6. The molecule has 0 amide bonds. The van der Waals surface area contributed by atoms with Crippen LogP contribution in [-0.2, 0) is 0 Å². The summed E-state index contributed by atoms with van der Waals surface area (Å²) in [5.74, 6) is 1.99. The lowest BCUT2D eigenvalue weighted by Crippen LogP contribution is -2.01. The van der Waals surface area contributed by atoms with Gasteiger partial charge in [-0.25, -0.2) is 15.0 Å². The Morgan fingerprint density at radius 3 is 1.50 bits per heavy atom. The minimum absolute atomic E-state index is 0.658. The van der Waals surface area contributed by atoms with E-state index in [1.807, 2.05) is 18.2 Å². The van der Waals surface area contributed by atoms with Crippen molar-refractivity contribution in [2.24, 2.45) is 0 Å². The first-order chi connectivity index (χ1) is 21.8. The molecule has 0 fully saturated rings. The van der Waals surface area contributed by atoms with E-state index < -0.39 is 0 Å². The lowest BCUT2D eigenvalue weighted by atomic mass is 9.93. The second-order valence-corrected chi connectivity index (χ2v) is 11.2. The highest BCUT2D eigenvalue weighted by Gasteiger charge is 2.18. The van der Waals surface area contributed by atoms with Crippen molar-refractivity contribution in [3.63, 3.8) is 0 Å². The van der Waals surface area contributed by atoms with Crippen LogP contribution >= 0.6 is 0 Å². The van der Waals surface area contributed by atoms with E-state index >= 15 is 0 Å². The first-order valence-corrected chi connectivity index (χ1v) is 14.9. The van der Waals surface area contributed by atoms with E-state index in [0.717, 1.165) is 27.5 Å². The third-order valence-electron chi connectivity index (χ3n) is 8.70. The second-order valence-electron chi connectivity index (χ2n) is 11.2. The maximum atomic E-state index is 5.24. The van der Waals surface area contributed by atoms with Crippen LogP contribution in [0.1, 0.15) is 0 Å². The first-order valence-electron chi connectivity index (χ1n) is 14.9. The maximum Gasteiger partial charge on any atom is 0.164 e. The Balaban J connectivity index is 1.38. The number of nitrogens with zero attached hydrogens (tertiary/aromatic N) is 3. The SMILES string of the molecule is c1ccc(-c2nc(-c3cccc4c3ccc3ccccc34)nc(-c3cc4c5ccccc5ccc4c4ccccc34)n2)cc1. The Morgan fingerprint density at radius 1 is 0.273 bits per heavy atom. The van der Waals surface area contributed by atoms with Gasteiger partial charge >= 0.3 is 0 Å². The van der Waals surface area contributed by atoms with Crippen molar-refractivity contribution in [1.29, 1.82) is 0 Å². The van der Waals surface area contributed by atoms with Crippen molar-refractivity contribution >= 4 is 53.9 Å². The van der Waals surface area contributed by atoms with Gasteiger partial charge in [-0.3, -0.25) is 0 Å². The highest BCUT2D eigenvalue weighted by molar-refractivity contribution is 6.20. The standard InChI is InChI=1S/C41H25N3/c1-2-13-28(14-3-1)39-42-40(36-20-10-19-31-29-15-6-4-11-26(29)21-23-34(31)36)44-41(43-39)38-25-37-30-16-7-5-12-27(30)22-24-35(37)32-17-8-9-18-33(32)38/h1-25H. The lowest BCUT2D eigenvalue weighted by molar-refractivity contribution is 1.08. The van der Waals surface area contributed by atoms with Crippen LogP contribution in [-0.4, -0.2) is 15.0 Å². The molecule has 1 heterocycles. The summed E-state index contributed by atoms with van der Waals surface area (Å²) in [5.41, 5.74) is 2.94. The molecular weight excluding hydrogens is 534 g/mol. The number of fused-ring (bicyclic) bond motifs is 8. The smallest absolute Gasteiger partial charge is 0.164 e. The van der Waals surface area contributed by atoms with Crippen LogP contribution in [0.3, 0.4) is 0 Å². The van der Waals surface area contributed by atoms with Crippen molar-refractivity contribution < 1.29 is 0 Å². The van der Waals surface area contributed by atoms with Crippen LogP contribution in [0.4, 0.5) is 0 Å². The molecule has 0 saturated heterocycles. The molecule has 9 rings (SSSR count). The van der Waals surface area contributed by atoms with E-state index in [9.17, 15) is 0 Å². The fourth-order valence-electron chi connectivity index (χ4n) is 6.61. The zero-order chi connectivity index (χ0) is 29.0. The largest absolute Gasteiger partial charge is 0.208 e. The molecule has 0 N–H and O–H groups in total. The average molecular weight is 560 g/mol. The Morgan fingerprint density at radius 2 is 0.750 bits per heavy atom. The summed E-state index contributed by atoms with van der Waals surface area (Å²) in [6.07, 6.45) is 0. The molecule has 0 saturated carbocycles. The van der Waals surface area contributed by atoms with Crippen LogP contribution in [0.25, 0.3) is 88.0 Å². The molecule has 0 spiro atoms. The molecule has 0 bridgehead atoms. The number of hydrogen-bond donors (Lipinski definition) is 0. The number of aromatic nitrogens is 3. The fraction of sp³-hybridized carbons (Fsp3) is 0. The van der Waals surface area contributed by atoms with Gasteiger partial charge in [0.1, 0.15) is 0 Å². The first kappa shape index (κ1) is 24.6. The van der Waals surface area contributed by atoms with E-state index in [4.69, 9.17) is 15.0 Å². The van der Waals surface area contributed by atoms with E-state index in [-0.39, 0.29) is 0 Å². The van der Waals surface area contributed by atoms with Gasteiger partial charge in [0.15, 0.2) is 17.5 Å². The predicted molar refractivity (Wildman–Crippen MR) is 184 cm³/mol. The highest BCUT2D eigenvalue weighted by Crippen LogP contribution is 2.39. The van der Waals surface area contributed by atoms with E-state index in [1.54, 1.807) is 0 Å². The van der Waals surface area contributed by atoms with Crippen LogP contribution in [0.5, 0.6) is 0 Å². The molecule has 3 nitrogen and oxygen atoms in total. The summed E-state index contributed by atoms with van der Waals surface area (Å²) in [5, 5.41) is 11.9. The van der Waals surface area contributed by atoms with Crippen LogP contribution in [0.15, 0.2) is 152 Å². The van der Waals surface area contributed by atoms with Crippen LogP contribution < -0.4 is 0 Å². The van der Waals surface area contributed by atoms with E-state index in [0.29, 0.717) is 17.5 Å². The molecule has 9 aromatic rings. The molecule has 1 aromatic heterocycles. The minimum atomic E-state index is 0.658. The monoisotopic (exact) mass is 559 g/mol. The molecule has 44 heavy (non-hydrogen) atoms.